The first-order valence-electron chi connectivity index (χ1n) is 42.9. The highest BCUT2D eigenvalue weighted by atomic mass is 16.6. The minimum atomic E-state index is -0.926. The van der Waals surface area contributed by atoms with Crippen molar-refractivity contribution in [3.05, 3.63) is 116 Å². The Balaban J connectivity index is 0.619. The number of unbranched alkanes of at least 4 members (excludes halogenated alkanes) is 27. The minimum absolute atomic E-state index is 0.139. The van der Waals surface area contributed by atoms with Gasteiger partial charge in [0.1, 0.15) is 45.6 Å². The molecule has 0 aliphatic carbocycles. The summed E-state index contributed by atoms with van der Waals surface area (Å²) in [6.07, 6.45) is 32.7. The van der Waals surface area contributed by atoms with Crippen molar-refractivity contribution >= 4 is 100 Å². The Kier molecular flexibility index (Phi) is 30.9. The predicted molar refractivity (Wildman–Crippen MR) is 465 cm³/mol. The molecule has 0 saturated carbocycles. The Bertz CT molecular complexity index is 5120. The number of nitrogens with two attached hydrogens (primary N) is 3. The third kappa shape index (κ3) is 22.8. The van der Waals surface area contributed by atoms with Gasteiger partial charge in [-0.1, -0.05) is 154 Å². The fourth-order valence-electron chi connectivity index (χ4n) is 16.0. The third-order valence-corrected chi connectivity index (χ3v) is 22.0. The lowest BCUT2D eigenvalue weighted by atomic mass is 10.0. The molecule has 0 amide bonds. The summed E-state index contributed by atoms with van der Waals surface area (Å²) in [7, 11) is 0. The molecule has 24 heteroatoms. The number of hydrogen-bond acceptors (Lipinski definition) is 21. The van der Waals surface area contributed by atoms with Crippen LogP contribution >= 0.6 is 0 Å². The average molecular weight is 1620 g/mol. The van der Waals surface area contributed by atoms with E-state index >= 15 is 0 Å². The summed E-state index contributed by atoms with van der Waals surface area (Å²) in [5.74, 6) is -0.824. The van der Waals surface area contributed by atoms with Crippen molar-refractivity contribution in [2.75, 3.05) is 50.2 Å². The maximum Gasteiger partial charge on any atom is 0.378 e. The highest BCUT2D eigenvalue weighted by Crippen LogP contribution is 2.43. The second-order valence-electron chi connectivity index (χ2n) is 34.8. The number of nitrogens with zero attached hydrogens (tertiary/aromatic N) is 3. The molecule has 0 saturated heterocycles. The maximum atomic E-state index is 13.2. The van der Waals surface area contributed by atoms with E-state index in [-0.39, 0.29) is 44.0 Å². The lowest BCUT2D eigenvalue weighted by Gasteiger charge is -2.20. The number of benzene rings is 4. The van der Waals surface area contributed by atoms with E-state index in [2.05, 4.69) is 13.7 Å². The van der Waals surface area contributed by atoms with E-state index in [4.69, 9.17) is 59.5 Å². The van der Waals surface area contributed by atoms with Crippen LogP contribution < -0.4 is 68.0 Å². The molecule has 0 aliphatic rings. The molecule has 0 fully saturated rings. The van der Waals surface area contributed by atoms with Crippen LogP contribution in [0.2, 0.25) is 0 Å². The zero-order chi connectivity index (χ0) is 84.5. The van der Waals surface area contributed by atoms with E-state index < -0.39 is 86.6 Å². The van der Waals surface area contributed by atoms with Crippen LogP contribution in [0.15, 0.2) is 70.9 Å². The first-order valence-corrected chi connectivity index (χ1v) is 42.9. The number of aromatic nitrogens is 3. The van der Waals surface area contributed by atoms with Crippen LogP contribution in [-0.2, 0) is 43.4 Å². The number of ether oxygens (including phenoxy) is 8. The standard InChI is InChI=1S/C93H126N6O18/c1-58-77(94)74-67(44-43-64-80(102)85(107)89(114-86(64)74)90(108)117-93(10,11)12)97(58)45-37-31-25-19-13-16-22-28-34-40-48-109-61-51-62(110-49-41-35-29-23-17-14-20-26-32-38-46-98-59(2)78(95)75-68(98)54-65-72(83(105)81(65)103)87(75)112-56-70(100)115-91(4,5)6)53-63(52-61)111-50-42-36-30-24-18-15-21-27-33-39-47-99-60(3)79(96)76-69(99)55-66-73(84(106)82(66)104)88(76)113-57-71(101)116-92(7,8)9/h43-44,51-55,107H,13-42,45-50,56-57,94-96H2,1-12H3. The first-order chi connectivity index (χ1) is 55.7. The number of fused-ring (bicyclic) bond motifs is 7. The van der Waals surface area contributed by atoms with Gasteiger partial charge < -0.3 is 78.3 Å². The Morgan fingerprint density at radius 3 is 1.00 bits per heavy atom. The molecule has 10 rings (SSSR count). The number of aryl methyl sites for hydroxylation is 3. The fraction of sp³-hybridized carbons (Fsp3) is 0.570. The van der Waals surface area contributed by atoms with Gasteiger partial charge in [-0.15, -0.1) is 0 Å². The van der Waals surface area contributed by atoms with Crippen molar-refractivity contribution in [2.24, 2.45) is 0 Å². The van der Waals surface area contributed by atoms with Crippen LogP contribution in [0.4, 0.5) is 17.1 Å². The quantitative estimate of drug-likeness (QED) is 0.0119. The molecular weight excluding hydrogens is 1490 g/mol. The van der Waals surface area contributed by atoms with Gasteiger partial charge in [0.15, 0.2) is 18.8 Å². The summed E-state index contributed by atoms with van der Waals surface area (Å²) in [6.45, 7) is 24.6. The molecule has 24 nitrogen and oxygen atoms in total. The van der Waals surface area contributed by atoms with Crippen molar-refractivity contribution in [3.8, 4) is 34.5 Å². The number of nitrogen functional groups attached to an aromatic ring is 3. The molecule has 7 N–H and O–H groups in total. The van der Waals surface area contributed by atoms with E-state index in [1.54, 1.807) is 80.5 Å². The Morgan fingerprint density at radius 1 is 0.359 bits per heavy atom. The molecule has 0 unspecified atom stereocenters. The predicted octanol–water partition coefficient (Wildman–Crippen LogP) is 18.9. The smallest absolute Gasteiger partial charge is 0.378 e. The molecule has 0 atom stereocenters. The number of esters is 3. The van der Waals surface area contributed by atoms with Crippen LogP contribution in [0, 0.1) is 20.8 Å². The van der Waals surface area contributed by atoms with Gasteiger partial charge in [0.2, 0.25) is 32.9 Å². The van der Waals surface area contributed by atoms with Crippen LogP contribution in [-0.4, -0.2) is 86.6 Å². The van der Waals surface area contributed by atoms with E-state index in [0.29, 0.717) is 66.1 Å². The average Bonchev–Trinajstić information content (AvgIpc) is 1.64. The summed E-state index contributed by atoms with van der Waals surface area (Å²) in [6, 6.07) is 12.9. The lowest BCUT2D eigenvalue weighted by molar-refractivity contribution is -0.158. The maximum absolute atomic E-state index is 13.2. The van der Waals surface area contributed by atoms with E-state index in [0.717, 1.165) is 192 Å². The van der Waals surface area contributed by atoms with Gasteiger partial charge in [-0.2, -0.15) is 0 Å². The van der Waals surface area contributed by atoms with Crippen molar-refractivity contribution in [3.63, 3.8) is 0 Å². The second kappa shape index (κ2) is 40.4. The normalized spacial score (nSPS) is 12.3. The molecule has 0 aliphatic heterocycles. The Hall–Kier alpha value is -10.0. The van der Waals surface area contributed by atoms with Crippen LogP contribution in [0.5, 0.6) is 34.5 Å². The number of hydrogen-bond donors (Lipinski definition) is 4. The largest absolute Gasteiger partial charge is 0.501 e. The zero-order valence-electron chi connectivity index (χ0n) is 71.4. The topological polar surface area (TPSA) is 337 Å². The summed E-state index contributed by atoms with van der Waals surface area (Å²) in [5.41, 5.74) is 20.8. The third-order valence-electron chi connectivity index (χ3n) is 22.0. The van der Waals surface area contributed by atoms with Gasteiger partial charge in [0, 0.05) is 65.7 Å². The van der Waals surface area contributed by atoms with Crippen LogP contribution in [0.3, 0.4) is 0 Å². The molecule has 117 heavy (non-hydrogen) atoms. The molecule has 4 heterocycles. The van der Waals surface area contributed by atoms with E-state index in [1.165, 1.54) is 57.8 Å². The van der Waals surface area contributed by atoms with Crippen molar-refractivity contribution in [2.45, 2.75) is 312 Å². The first kappa shape index (κ1) is 89.3. The van der Waals surface area contributed by atoms with Crippen LogP contribution in [0.25, 0.3) is 65.2 Å². The lowest BCUT2D eigenvalue weighted by Crippen LogP contribution is -2.32. The van der Waals surface area contributed by atoms with E-state index in [1.807, 2.05) is 45.0 Å². The number of carbonyl (C=O) groups excluding carboxylic acids is 3. The summed E-state index contributed by atoms with van der Waals surface area (Å²) in [4.78, 5) is 102. The highest BCUT2D eigenvalue weighted by Gasteiger charge is 2.32. The van der Waals surface area contributed by atoms with Gasteiger partial charge in [-0.05, 0) is 146 Å². The summed E-state index contributed by atoms with van der Waals surface area (Å²) < 4.78 is 59.6. The Morgan fingerprint density at radius 2 is 0.667 bits per heavy atom. The molecule has 0 bridgehead atoms. The van der Waals surface area contributed by atoms with Gasteiger partial charge >= 0.3 is 17.9 Å². The number of carbonyl (C=O) groups is 3. The van der Waals surface area contributed by atoms with Gasteiger partial charge in [0.05, 0.1) is 85.8 Å². The molecule has 10 aromatic rings. The molecule has 6 aromatic carbocycles. The van der Waals surface area contributed by atoms with Gasteiger partial charge in [0.25, 0.3) is 5.76 Å². The molecule has 0 radical (unpaired) electrons. The van der Waals surface area contributed by atoms with E-state index in [9.17, 15) is 43.5 Å². The highest BCUT2D eigenvalue weighted by molar-refractivity contribution is 6.14. The van der Waals surface area contributed by atoms with Crippen molar-refractivity contribution in [1.29, 1.82) is 0 Å². The van der Waals surface area contributed by atoms with Gasteiger partial charge in [-0.3, -0.25) is 24.0 Å². The zero-order valence-corrected chi connectivity index (χ0v) is 71.4. The molecule has 4 aromatic heterocycles. The van der Waals surface area contributed by atoms with Crippen LogP contribution in [0.1, 0.15) is 283 Å². The van der Waals surface area contributed by atoms with Crippen molar-refractivity contribution < 1.29 is 61.8 Å². The number of anilines is 3. The number of rotatable bonds is 49. The molecule has 0 spiro atoms. The second-order valence-corrected chi connectivity index (χ2v) is 34.8. The fourth-order valence-corrected chi connectivity index (χ4v) is 16.0. The molecule has 636 valence electrons. The SMILES string of the molecule is Cc1c(N)c2c(OCC(=O)OC(C)(C)C)c3c(=O)c(=O)c3cc2n1CCCCCCCCCCCCOc1cc(OCCCCCCCCCCCCn2c(C)c(N)c3c(OCC(=O)OC(C)(C)C)c4c(=O)c(=O)c4cc32)cc(OCCCCCCCCCCCCn2c(C)c(N)c3c4oc(C(=O)OC(C)(C)C)c(O)c(=O)c4ccc32)c1. The molecular formula is C93H126N6O18. The van der Waals surface area contributed by atoms with Gasteiger partial charge in [-0.25, -0.2) is 14.4 Å². The minimum Gasteiger partial charge on any atom is -0.501 e. The monoisotopic (exact) mass is 1610 g/mol. The Labute approximate surface area is 685 Å². The van der Waals surface area contributed by atoms with Crippen molar-refractivity contribution in [1.82, 2.24) is 13.7 Å². The summed E-state index contributed by atoms with van der Waals surface area (Å²) >= 11 is 0. The number of aromatic hydroxyl groups is 1. The summed E-state index contributed by atoms with van der Waals surface area (Å²) in [5, 5.41) is 13.3.